The Balaban J connectivity index is 2.36. The lowest BCUT2D eigenvalue weighted by molar-refractivity contribution is 0.101. The molecule has 0 saturated carbocycles. The largest absolute Gasteiger partial charge is 0.497 e. The van der Waals surface area contributed by atoms with Gasteiger partial charge in [-0.15, -0.1) is 0 Å². The van der Waals surface area contributed by atoms with E-state index in [0.29, 0.717) is 0 Å². The first-order chi connectivity index (χ1) is 8.20. The van der Waals surface area contributed by atoms with Crippen LogP contribution in [0.3, 0.4) is 0 Å². The standard InChI is InChI=1S/C15H14O2/c1-11(16)12-6-8-13(9-7-12)14-4-3-5-15(10-14)17-2/h3-10H,1-2H3. The minimum atomic E-state index is 0.0854. The quantitative estimate of drug-likeness (QED) is 0.748. The molecule has 0 atom stereocenters. The van der Waals surface area contributed by atoms with Crippen LogP contribution in [-0.4, -0.2) is 12.9 Å². The molecule has 0 aliphatic carbocycles. The van der Waals surface area contributed by atoms with Crippen LogP contribution in [0.1, 0.15) is 17.3 Å². The van der Waals surface area contributed by atoms with Gasteiger partial charge < -0.3 is 4.74 Å². The maximum atomic E-state index is 11.2. The molecular weight excluding hydrogens is 212 g/mol. The van der Waals surface area contributed by atoms with Crippen LogP contribution < -0.4 is 4.74 Å². The molecule has 0 unspecified atom stereocenters. The number of hydrogen-bond acceptors (Lipinski definition) is 2. The molecule has 2 aromatic rings. The number of rotatable bonds is 3. The Morgan fingerprint density at radius 3 is 2.29 bits per heavy atom. The van der Waals surface area contributed by atoms with E-state index >= 15 is 0 Å². The highest BCUT2D eigenvalue weighted by Crippen LogP contribution is 2.24. The van der Waals surface area contributed by atoms with Crippen LogP contribution in [0.2, 0.25) is 0 Å². The molecule has 0 fully saturated rings. The number of Topliss-reactive ketones (excluding diaryl/α,β-unsaturated/α-hetero) is 1. The fraction of sp³-hybridized carbons (Fsp3) is 0.133. The van der Waals surface area contributed by atoms with Crippen molar-refractivity contribution in [2.75, 3.05) is 7.11 Å². The molecule has 0 N–H and O–H groups in total. The second kappa shape index (κ2) is 4.83. The molecule has 0 saturated heterocycles. The van der Waals surface area contributed by atoms with Gasteiger partial charge in [-0.25, -0.2) is 0 Å². The van der Waals surface area contributed by atoms with Gasteiger partial charge in [-0.2, -0.15) is 0 Å². The fourth-order valence-electron chi connectivity index (χ4n) is 1.70. The summed E-state index contributed by atoms with van der Waals surface area (Å²) in [5.74, 6) is 0.917. The zero-order valence-corrected chi connectivity index (χ0v) is 9.94. The number of ether oxygens (including phenoxy) is 1. The van der Waals surface area contributed by atoms with E-state index in [1.54, 1.807) is 14.0 Å². The van der Waals surface area contributed by atoms with Crippen molar-refractivity contribution in [2.45, 2.75) is 6.92 Å². The molecule has 0 bridgehead atoms. The second-order valence-electron chi connectivity index (χ2n) is 3.87. The number of ketones is 1. The summed E-state index contributed by atoms with van der Waals surface area (Å²) in [6, 6.07) is 15.4. The summed E-state index contributed by atoms with van der Waals surface area (Å²) >= 11 is 0. The monoisotopic (exact) mass is 226 g/mol. The Labute approximate surface area is 101 Å². The highest BCUT2D eigenvalue weighted by Gasteiger charge is 2.01. The highest BCUT2D eigenvalue weighted by molar-refractivity contribution is 5.94. The van der Waals surface area contributed by atoms with Crippen molar-refractivity contribution < 1.29 is 9.53 Å². The molecule has 2 rings (SSSR count). The van der Waals surface area contributed by atoms with Crippen LogP contribution in [0.25, 0.3) is 11.1 Å². The van der Waals surface area contributed by atoms with Crippen molar-refractivity contribution in [1.82, 2.24) is 0 Å². The predicted octanol–water partition coefficient (Wildman–Crippen LogP) is 3.56. The lowest BCUT2D eigenvalue weighted by Crippen LogP contribution is -1.91. The first-order valence-electron chi connectivity index (χ1n) is 5.46. The summed E-state index contributed by atoms with van der Waals surface area (Å²) in [7, 11) is 1.65. The van der Waals surface area contributed by atoms with Gasteiger partial charge >= 0.3 is 0 Å². The van der Waals surface area contributed by atoms with E-state index in [1.807, 2.05) is 48.5 Å². The molecule has 0 spiro atoms. The maximum absolute atomic E-state index is 11.2. The van der Waals surface area contributed by atoms with Gasteiger partial charge in [0.1, 0.15) is 5.75 Å². The normalized spacial score (nSPS) is 10.0. The molecule has 17 heavy (non-hydrogen) atoms. The average molecular weight is 226 g/mol. The topological polar surface area (TPSA) is 26.3 Å². The summed E-state index contributed by atoms with van der Waals surface area (Å²) in [6.45, 7) is 1.57. The predicted molar refractivity (Wildman–Crippen MR) is 68.4 cm³/mol. The van der Waals surface area contributed by atoms with Crippen LogP contribution in [0, 0.1) is 0 Å². The third kappa shape index (κ3) is 2.53. The summed E-state index contributed by atoms with van der Waals surface area (Å²) < 4.78 is 5.18. The van der Waals surface area contributed by atoms with Gasteiger partial charge in [0.15, 0.2) is 5.78 Å². The van der Waals surface area contributed by atoms with E-state index in [-0.39, 0.29) is 5.78 Å². The molecule has 0 aliphatic heterocycles. The van der Waals surface area contributed by atoms with E-state index in [0.717, 1.165) is 22.4 Å². The van der Waals surface area contributed by atoms with Gasteiger partial charge in [0.25, 0.3) is 0 Å². The van der Waals surface area contributed by atoms with Crippen molar-refractivity contribution in [3.05, 3.63) is 54.1 Å². The first-order valence-corrected chi connectivity index (χ1v) is 5.46. The molecule has 2 aromatic carbocycles. The zero-order valence-electron chi connectivity index (χ0n) is 9.94. The van der Waals surface area contributed by atoms with Gasteiger partial charge in [0, 0.05) is 5.56 Å². The van der Waals surface area contributed by atoms with Crippen molar-refractivity contribution in [3.63, 3.8) is 0 Å². The Morgan fingerprint density at radius 1 is 1.00 bits per heavy atom. The summed E-state index contributed by atoms with van der Waals surface area (Å²) in [4.78, 5) is 11.2. The van der Waals surface area contributed by atoms with Crippen molar-refractivity contribution in [2.24, 2.45) is 0 Å². The SMILES string of the molecule is COc1cccc(-c2ccc(C(C)=O)cc2)c1. The fourth-order valence-corrected chi connectivity index (χ4v) is 1.70. The van der Waals surface area contributed by atoms with Crippen LogP contribution in [0.4, 0.5) is 0 Å². The number of methoxy groups -OCH3 is 1. The maximum Gasteiger partial charge on any atom is 0.159 e. The number of carbonyl (C=O) groups is 1. The molecule has 0 heterocycles. The Morgan fingerprint density at radius 2 is 1.71 bits per heavy atom. The van der Waals surface area contributed by atoms with Crippen LogP contribution >= 0.6 is 0 Å². The van der Waals surface area contributed by atoms with E-state index in [4.69, 9.17) is 4.74 Å². The Hall–Kier alpha value is -2.09. The third-order valence-electron chi connectivity index (χ3n) is 2.69. The van der Waals surface area contributed by atoms with E-state index in [2.05, 4.69) is 0 Å². The van der Waals surface area contributed by atoms with E-state index < -0.39 is 0 Å². The summed E-state index contributed by atoms with van der Waals surface area (Å²) in [5, 5.41) is 0. The number of benzene rings is 2. The molecule has 0 aromatic heterocycles. The van der Waals surface area contributed by atoms with Crippen molar-refractivity contribution >= 4 is 5.78 Å². The van der Waals surface area contributed by atoms with Crippen molar-refractivity contribution in [3.8, 4) is 16.9 Å². The average Bonchev–Trinajstić information content (AvgIpc) is 2.39. The van der Waals surface area contributed by atoms with Gasteiger partial charge in [0.2, 0.25) is 0 Å². The Kier molecular flexibility index (Phi) is 3.24. The molecule has 2 heteroatoms. The minimum absolute atomic E-state index is 0.0854. The number of carbonyl (C=O) groups excluding carboxylic acids is 1. The van der Waals surface area contributed by atoms with Gasteiger partial charge in [0.05, 0.1) is 7.11 Å². The number of hydrogen-bond donors (Lipinski definition) is 0. The highest BCUT2D eigenvalue weighted by atomic mass is 16.5. The minimum Gasteiger partial charge on any atom is -0.497 e. The lowest BCUT2D eigenvalue weighted by Gasteiger charge is -2.05. The molecular formula is C15H14O2. The van der Waals surface area contributed by atoms with Crippen LogP contribution in [-0.2, 0) is 0 Å². The van der Waals surface area contributed by atoms with E-state index in [1.165, 1.54) is 0 Å². The van der Waals surface area contributed by atoms with Crippen LogP contribution in [0.15, 0.2) is 48.5 Å². The van der Waals surface area contributed by atoms with Gasteiger partial charge in [-0.1, -0.05) is 36.4 Å². The molecule has 0 aliphatic rings. The molecule has 86 valence electrons. The third-order valence-corrected chi connectivity index (χ3v) is 2.69. The summed E-state index contributed by atoms with van der Waals surface area (Å²) in [5.41, 5.74) is 2.89. The lowest BCUT2D eigenvalue weighted by atomic mass is 10.0. The molecule has 2 nitrogen and oxygen atoms in total. The Bertz CT molecular complexity index is 527. The van der Waals surface area contributed by atoms with Crippen LogP contribution in [0.5, 0.6) is 5.75 Å². The first kappa shape index (κ1) is 11.4. The zero-order chi connectivity index (χ0) is 12.3. The summed E-state index contributed by atoms with van der Waals surface area (Å²) in [6.07, 6.45) is 0. The molecule has 0 radical (unpaired) electrons. The van der Waals surface area contributed by atoms with E-state index in [9.17, 15) is 4.79 Å². The van der Waals surface area contributed by atoms with Crippen molar-refractivity contribution in [1.29, 1.82) is 0 Å². The van der Waals surface area contributed by atoms with Gasteiger partial charge in [-0.3, -0.25) is 4.79 Å². The smallest absolute Gasteiger partial charge is 0.159 e. The molecule has 0 amide bonds. The second-order valence-corrected chi connectivity index (χ2v) is 3.87. The van der Waals surface area contributed by atoms with Gasteiger partial charge in [-0.05, 0) is 30.2 Å².